The van der Waals surface area contributed by atoms with Crippen LogP contribution in [0.2, 0.25) is 5.02 Å². The van der Waals surface area contributed by atoms with Crippen LogP contribution in [0.4, 0.5) is 4.79 Å². The molecule has 2 N–H and O–H groups in total. The molecule has 7 nitrogen and oxygen atoms in total. The standard InChI is InChI=1S/C23H28ClIN4O3/c24-21-17-4-1-2-5-19(17)27-20-12-15(6-7-18(20)21)22(30)29-10-9-28(14-16(29)13-26)23(31)32-11-3-8-25/h6-7,12,16H,1-5,8-11,13-14,26H2. The van der Waals surface area contributed by atoms with Gasteiger partial charge < -0.3 is 20.3 Å². The number of hydrogen-bond acceptors (Lipinski definition) is 5. The lowest BCUT2D eigenvalue weighted by atomic mass is 9.94. The van der Waals surface area contributed by atoms with Gasteiger partial charge in [0.2, 0.25) is 0 Å². The molecule has 4 rings (SSSR count). The van der Waals surface area contributed by atoms with Crippen molar-refractivity contribution < 1.29 is 14.3 Å². The number of alkyl halides is 1. The third-order valence-corrected chi connectivity index (χ3v) is 7.41. The summed E-state index contributed by atoms with van der Waals surface area (Å²) in [5, 5.41) is 1.65. The highest BCUT2D eigenvalue weighted by Gasteiger charge is 2.33. The SMILES string of the molecule is NCC1CN(C(=O)OCCCI)CCN1C(=O)c1ccc2c(Cl)c3c(nc2c1)CCCC3. The lowest BCUT2D eigenvalue weighted by molar-refractivity contribution is 0.0397. The Morgan fingerprint density at radius 3 is 2.84 bits per heavy atom. The van der Waals surface area contributed by atoms with E-state index in [2.05, 4.69) is 22.6 Å². The highest BCUT2D eigenvalue weighted by Crippen LogP contribution is 2.33. The Morgan fingerprint density at radius 1 is 1.25 bits per heavy atom. The molecular weight excluding hydrogens is 543 g/mol. The van der Waals surface area contributed by atoms with E-state index in [4.69, 9.17) is 27.1 Å². The Kier molecular flexibility index (Phi) is 7.73. The number of amides is 2. The summed E-state index contributed by atoms with van der Waals surface area (Å²) in [4.78, 5) is 33.9. The largest absolute Gasteiger partial charge is 0.449 e. The maximum Gasteiger partial charge on any atom is 0.409 e. The van der Waals surface area contributed by atoms with Gasteiger partial charge in [-0.3, -0.25) is 9.78 Å². The van der Waals surface area contributed by atoms with Crippen molar-refractivity contribution in [2.24, 2.45) is 5.73 Å². The number of aryl methyl sites for hydroxylation is 1. The van der Waals surface area contributed by atoms with Crippen molar-refractivity contribution in [3.8, 4) is 0 Å². The van der Waals surface area contributed by atoms with Gasteiger partial charge in [0.15, 0.2) is 0 Å². The molecule has 2 amide bonds. The van der Waals surface area contributed by atoms with Crippen LogP contribution in [0.5, 0.6) is 0 Å². The van der Waals surface area contributed by atoms with E-state index in [1.54, 1.807) is 9.80 Å². The predicted molar refractivity (Wildman–Crippen MR) is 134 cm³/mol. The molecule has 1 aliphatic carbocycles. The van der Waals surface area contributed by atoms with Crippen LogP contribution in [0.1, 0.15) is 40.9 Å². The van der Waals surface area contributed by atoms with Crippen LogP contribution in [0.15, 0.2) is 18.2 Å². The first kappa shape index (κ1) is 23.5. The molecule has 1 atom stereocenters. The van der Waals surface area contributed by atoms with Crippen molar-refractivity contribution in [2.75, 3.05) is 37.2 Å². The van der Waals surface area contributed by atoms with Gasteiger partial charge in [-0.25, -0.2) is 4.79 Å². The fraction of sp³-hybridized carbons (Fsp3) is 0.522. The number of fused-ring (bicyclic) bond motifs is 2. The molecule has 2 aliphatic rings. The second-order valence-electron chi connectivity index (χ2n) is 8.28. The molecule has 32 heavy (non-hydrogen) atoms. The highest BCUT2D eigenvalue weighted by molar-refractivity contribution is 14.1. The van der Waals surface area contributed by atoms with E-state index in [-0.39, 0.29) is 24.6 Å². The monoisotopic (exact) mass is 570 g/mol. The smallest absolute Gasteiger partial charge is 0.409 e. The van der Waals surface area contributed by atoms with Crippen molar-refractivity contribution in [3.05, 3.63) is 40.0 Å². The van der Waals surface area contributed by atoms with Crippen LogP contribution >= 0.6 is 34.2 Å². The fourth-order valence-corrected chi connectivity index (χ4v) is 5.14. The first-order chi connectivity index (χ1) is 15.5. The van der Waals surface area contributed by atoms with Crippen LogP contribution in [0, 0.1) is 0 Å². The summed E-state index contributed by atoms with van der Waals surface area (Å²) < 4.78 is 6.25. The van der Waals surface area contributed by atoms with E-state index in [1.165, 1.54) is 0 Å². The Balaban J connectivity index is 1.51. The zero-order valence-corrected chi connectivity index (χ0v) is 20.9. The Hall–Kier alpha value is -1.65. The lowest BCUT2D eigenvalue weighted by Gasteiger charge is -2.40. The van der Waals surface area contributed by atoms with Crippen molar-refractivity contribution >= 4 is 57.1 Å². The van der Waals surface area contributed by atoms with Gasteiger partial charge in [0, 0.05) is 47.3 Å². The predicted octanol–water partition coefficient (Wildman–Crippen LogP) is 3.81. The normalized spacial score (nSPS) is 18.5. The summed E-state index contributed by atoms with van der Waals surface area (Å²) in [6.07, 6.45) is 4.62. The Labute approximate surface area is 206 Å². The molecular formula is C23H28ClIN4O3. The molecule has 1 saturated heterocycles. The number of benzene rings is 1. The van der Waals surface area contributed by atoms with Crippen LogP contribution in [0.3, 0.4) is 0 Å². The molecule has 0 spiro atoms. The second-order valence-corrected chi connectivity index (χ2v) is 9.74. The zero-order chi connectivity index (χ0) is 22.7. The minimum atomic E-state index is -0.338. The average molecular weight is 571 g/mol. The Bertz CT molecular complexity index is 1020. The zero-order valence-electron chi connectivity index (χ0n) is 18.0. The third kappa shape index (κ3) is 4.82. The Morgan fingerprint density at radius 2 is 2.06 bits per heavy atom. The van der Waals surface area contributed by atoms with Gasteiger partial charge in [-0.15, -0.1) is 0 Å². The number of piperazine rings is 1. The first-order valence-corrected chi connectivity index (χ1v) is 13.0. The molecule has 1 aromatic carbocycles. The van der Waals surface area contributed by atoms with Gasteiger partial charge in [-0.05, 0) is 49.8 Å². The van der Waals surface area contributed by atoms with Crippen molar-refractivity contribution in [2.45, 2.75) is 38.1 Å². The minimum absolute atomic E-state index is 0.101. The number of hydrogen-bond donors (Lipinski definition) is 1. The number of carbonyl (C=O) groups excluding carboxylic acids is 2. The first-order valence-electron chi connectivity index (χ1n) is 11.1. The summed E-state index contributed by atoms with van der Waals surface area (Å²) in [6, 6.07) is 5.28. The summed E-state index contributed by atoms with van der Waals surface area (Å²) in [5.41, 5.74) is 9.49. The number of pyridine rings is 1. The number of rotatable bonds is 5. The summed E-state index contributed by atoms with van der Waals surface area (Å²) in [5.74, 6) is -0.101. The van der Waals surface area contributed by atoms with Gasteiger partial charge in [0.1, 0.15) is 0 Å². The topological polar surface area (TPSA) is 88.8 Å². The lowest BCUT2D eigenvalue weighted by Crippen LogP contribution is -2.59. The maximum atomic E-state index is 13.3. The van der Waals surface area contributed by atoms with Gasteiger partial charge in [-0.1, -0.05) is 40.3 Å². The number of aromatic nitrogens is 1. The van der Waals surface area contributed by atoms with Gasteiger partial charge in [0.05, 0.1) is 23.2 Å². The molecule has 1 fully saturated rings. The molecule has 0 radical (unpaired) electrons. The molecule has 2 heterocycles. The number of nitrogens with zero attached hydrogens (tertiary/aromatic N) is 3. The van der Waals surface area contributed by atoms with Crippen LogP contribution < -0.4 is 5.73 Å². The van der Waals surface area contributed by atoms with Gasteiger partial charge in [0.25, 0.3) is 5.91 Å². The summed E-state index contributed by atoms with van der Waals surface area (Å²) in [7, 11) is 0. The van der Waals surface area contributed by atoms with Crippen LogP contribution in [0.25, 0.3) is 10.9 Å². The van der Waals surface area contributed by atoms with Gasteiger partial charge >= 0.3 is 6.09 Å². The quantitative estimate of drug-likeness (QED) is 0.336. The molecule has 1 aromatic heterocycles. The number of nitrogens with two attached hydrogens (primary N) is 1. The van der Waals surface area contributed by atoms with Crippen molar-refractivity contribution in [1.29, 1.82) is 0 Å². The maximum absolute atomic E-state index is 13.3. The minimum Gasteiger partial charge on any atom is -0.449 e. The van der Waals surface area contributed by atoms with E-state index >= 15 is 0 Å². The number of ether oxygens (including phenoxy) is 1. The molecule has 172 valence electrons. The second kappa shape index (κ2) is 10.5. The number of halogens is 2. The summed E-state index contributed by atoms with van der Waals surface area (Å²) >= 11 is 8.93. The van der Waals surface area contributed by atoms with Crippen LogP contribution in [-0.4, -0.2) is 70.0 Å². The highest BCUT2D eigenvalue weighted by atomic mass is 127. The molecule has 0 bridgehead atoms. The van der Waals surface area contributed by atoms with E-state index < -0.39 is 0 Å². The van der Waals surface area contributed by atoms with Gasteiger partial charge in [-0.2, -0.15) is 0 Å². The molecule has 1 aliphatic heterocycles. The third-order valence-electron chi connectivity index (χ3n) is 6.22. The van der Waals surface area contributed by atoms with E-state index in [0.29, 0.717) is 31.8 Å². The van der Waals surface area contributed by atoms with E-state index in [1.807, 2.05) is 18.2 Å². The van der Waals surface area contributed by atoms with E-state index in [0.717, 1.165) is 63.7 Å². The molecule has 2 aromatic rings. The molecule has 0 saturated carbocycles. The molecule has 9 heteroatoms. The van der Waals surface area contributed by atoms with Crippen LogP contribution in [-0.2, 0) is 17.6 Å². The van der Waals surface area contributed by atoms with E-state index in [9.17, 15) is 9.59 Å². The van der Waals surface area contributed by atoms with Crippen molar-refractivity contribution in [1.82, 2.24) is 14.8 Å². The average Bonchev–Trinajstić information content (AvgIpc) is 2.83. The number of carbonyl (C=O) groups is 2. The summed E-state index contributed by atoms with van der Waals surface area (Å²) in [6.45, 7) is 1.89. The van der Waals surface area contributed by atoms with Crippen molar-refractivity contribution in [3.63, 3.8) is 0 Å². The molecule has 1 unspecified atom stereocenters. The fourth-order valence-electron chi connectivity index (χ4n) is 4.46.